The van der Waals surface area contributed by atoms with Crippen LogP contribution < -0.4 is 10.2 Å². The molecule has 28 heavy (non-hydrogen) atoms. The van der Waals surface area contributed by atoms with E-state index in [1.807, 2.05) is 0 Å². The van der Waals surface area contributed by atoms with Gasteiger partial charge in [-0.1, -0.05) is 0 Å². The van der Waals surface area contributed by atoms with E-state index in [0.717, 1.165) is 12.1 Å². The van der Waals surface area contributed by atoms with Gasteiger partial charge in [-0.15, -0.1) is 23.2 Å². The summed E-state index contributed by atoms with van der Waals surface area (Å²) in [5.74, 6) is -0.556. The van der Waals surface area contributed by atoms with Crippen molar-refractivity contribution in [1.82, 2.24) is 5.32 Å². The summed E-state index contributed by atoms with van der Waals surface area (Å²) in [6, 6.07) is 1.83. The molecule has 0 atom stereocenters. The van der Waals surface area contributed by atoms with Crippen LogP contribution in [0.1, 0.15) is 10.4 Å². The summed E-state index contributed by atoms with van der Waals surface area (Å²) in [4.78, 5) is 35.1. The number of hydrogen-bond acceptors (Lipinski definition) is 7. The predicted molar refractivity (Wildman–Crippen MR) is 106 cm³/mol. The van der Waals surface area contributed by atoms with Gasteiger partial charge in [0.05, 0.1) is 43.1 Å². The molecule has 1 rings (SSSR count). The standard InChI is InChI=1S/C15H21Cl2N5O6/c1-22(2,28)8-5-18-15(23)11-9-13(19(6-3-16)7-4-17)14(21(26)27)10-12(11)20(24)25/h9-10H,3-8H2,1-2H3,(H,18,23). The molecule has 0 aliphatic carbocycles. The minimum Gasteiger partial charge on any atom is -0.633 e. The molecule has 0 spiro atoms. The molecule has 1 N–H and O–H groups in total. The molecule has 13 heteroatoms. The van der Waals surface area contributed by atoms with E-state index in [0.29, 0.717) is 0 Å². The third-order valence-electron chi connectivity index (χ3n) is 3.72. The Labute approximate surface area is 171 Å². The monoisotopic (exact) mass is 437 g/mol. The molecule has 1 aromatic rings. The lowest BCUT2D eigenvalue weighted by atomic mass is 10.1. The van der Waals surface area contributed by atoms with E-state index in [-0.39, 0.29) is 49.2 Å². The quantitative estimate of drug-likeness (QED) is 0.241. The van der Waals surface area contributed by atoms with Gasteiger partial charge in [-0.25, -0.2) is 0 Å². The summed E-state index contributed by atoms with van der Waals surface area (Å²) in [5.41, 5.74) is -1.59. The number of carbonyl (C=O) groups excluding carboxylic acids is 1. The number of carbonyl (C=O) groups is 1. The van der Waals surface area contributed by atoms with Crippen LogP contribution in [0.25, 0.3) is 0 Å². The first-order valence-electron chi connectivity index (χ1n) is 8.17. The summed E-state index contributed by atoms with van der Waals surface area (Å²) in [5, 5.41) is 36.8. The van der Waals surface area contributed by atoms with Crippen molar-refractivity contribution in [2.45, 2.75) is 0 Å². The number of hydrogen-bond donors (Lipinski definition) is 1. The van der Waals surface area contributed by atoms with E-state index in [9.17, 15) is 30.2 Å². The molecule has 0 saturated heterocycles. The zero-order valence-electron chi connectivity index (χ0n) is 15.4. The van der Waals surface area contributed by atoms with Gasteiger partial charge in [-0.2, -0.15) is 0 Å². The summed E-state index contributed by atoms with van der Waals surface area (Å²) < 4.78 is -0.660. The molecule has 0 heterocycles. The Bertz CT molecular complexity index is 734. The number of rotatable bonds is 11. The predicted octanol–water partition coefficient (Wildman–Crippen LogP) is 2.09. The van der Waals surface area contributed by atoms with Crippen LogP contribution in [0.4, 0.5) is 17.1 Å². The number of nitrogens with zero attached hydrogens (tertiary/aromatic N) is 4. The number of nitrogens with one attached hydrogen (secondary N) is 1. The molecular formula is C15H21Cl2N5O6. The maximum absolute atomic E-state index is 12.5. The molecule has 0 radical (unpaired) electrons. The van der Waals surface area contributed by atoms with E-state index >= 15 is 0 Å². The SMILES string of the molecule is C[N+](C)([O-])CCNC(=O)c1cc(N(CCCl)CCCl)c([N+](=O)[O-])cc1[N+](=O)[O-]. The molecule has 156 valence electrons. The average molecular weight is 438 g/mol. The van der Waals surface area contributed by atoms with Crippen LogP contribution in [0.15, 0.2) is 12.1 Å². The fraction of sp³-hybridized carbons (Fsp3) is 0.533. The van der Waals surface area contributed by atoms with Gasteiger partial charge >= 0.3 is 0 Å². The molecule has 0 bridgehead atoms. The van der Waals surface area contributed by atoms with E-state index in [1.54, 1.807) is 0 Å². The number of nitro groups is 2. The Morgan fingerprint density at radius 3 is 2.07 bits per heavy atom. The third kappa shape index (κ3) is 6.75. The molecule has 0 unspecified atom stereocenters. The van der Waals surface area contributed by atoms with Crippen LogP contribution >= 0.6 is 23.2 Å². The van der Waals surface area contributed by atoms with Gasteiger partial charge in [0.1, 0.15) is 11.3 Å². The number of nitro benzene ring substituents is 2. The third-order valence-corrected chi connectivity index (χ3v) is 4.05. The number of benzene rings is 1. The minimum absolute atomic E-state index is 0.00184. The Morgan fingerprint density at radius 1 is 1.11 bits per heavy atom. The van der Waals surface area contributed by atoms with Crippen molar-refractivity contribution in [1.29, 1.82) is 0 Å². The molecule has 0 aliphatic heterocycles. The van der Waals surface area contributed by atoms with Crippen molar-refractivity contribution in [2.24, 2.45) is 0 Å². The lowest BCUT2D eigenvalue weighted by molar-refractivity contribution is -0.838. The number of hydroxylamine groups is 3. The summed E-state index contributed by atoms with van der Waals surface area (Å²) in [6.45, 7) is 0.404. The summed E-state index contributed by atoms with van der Waals surface area (Å²) in [6.07, 6.45) is 0. The largest absolute Gasteiger partial charge is 0.633 e. The highest BCUT2D eigenvalue weighted by molar-refractivity contribution is 6.18. The Balaban J connectivity index is 3.40. The molecular weight excluding hydrogens is 417 g/mol. The van der Waals surface area contributed by atoms with Gasteiger partial charge < -0.3 is 20.1 Å². The summed E-state index contributed by atoms with van der Waals surface area (Å²) >= 11 is 11.5. The fourth-order valence-electron chi connectivity index (χ4n) is 2.39. The van der Waals surface area contributed by atoms with Crippen molar-refractivity contribution in [2.75, 3.05) is 56.9 Å². The number of halogens is 2. The highest BCUT2D eigenvalue weighted by Gasteiger charge is 2.30. The van der Waals surface area contributed by atoms with Crippen molar-refractivity contribution in [3.63, 3.8) is 0 Å². The Hall–Kier alpha value is -2.21. The van der Waals surface area contributed by atoms with Gasteiger partial charge in [0, 0.05) is 24.8 Å². The van der Waals surface area contributed by atoms with Gasteiger partial charge in [0.25, 0.3) is 17.3 Å². The number of anilines is 1. The Morgan fingerprint density at radius 2 is 1.64 bits per heavy atom. The van der Waals surface area contributed by atoms with E-state index in [1.165, 1.54) is 19.0 Å². The lowest BCUT2D eigenvalue weighted by Gasteiger charge is -2.33. The maximum Gasteiger partial charge on any atom is 0.299 e. The van der Waals surface area contributed by atoms with Crippen molar-refractivity contribution in [3.05, 3.63) is 43.1 Å². The number of quaternary nitrogens is 1. The zero-order chi connectivity index (χ0) is 21.5. The average Bonchev–Trinajstić information content (AvgIpc) is 2.59. The molecule has 1 aromatic carbocycles. The molecule has 1 amide bonds. The van der Waals surface area contributed by atoms with Gasteiger partial charge in [0.15, 0.2) is 0 Å². The van der Waals surface area contributed by atoms with E-state index in [4.69, 9.17) is 23.2 Å². The first-order valence-corrected chi connectivity index (χ1v) is 9.24. The Kier molecular flexibility index (Phi) is 8.82. The minimum atomic E-state index is -0.868. The maximum atomic E-state index is 12.5. The van der Waals surface area contributed by atoms with E-state index < -0.39 is 31.8 Å². The van der Waals surface area contributed by atoms with E-state index in [2.05, 4.69) is 5.32 Å². The second-order valence-corrected chi connectivity index (χ2v) is 7.05. The van der Waals surface area contributed by atoms with Crippen LogP contribution in [-0.4, -0.2) is 72.4 Å². The van der Waals surface area contributed by atoms with Crippen molar-refractivity contribution >= 4 is 46.2 Å². The number of alkyl halides is 2. The van der Waals surface area contributed by atoms with Gasteiger partial charge in [-0.3, -0.25) is 25.0 Å². The second kappa shape index (κ2) is 10.4. The summed E-state index contributed by atoms with van der Waals surface area (Å²) in [7, 11) is 2.77. The van der Waals surface area contributed by atoms with Gasteiger partial charge in [0.2, 0.25) is 0 Å². The first kappa shape index (κ1) is 23.8. The number of amides is 1. The van der Waals surface area contributed by atoms with Crippen molar-refractivity contribution < 1.29 is 19.3 Å². The van der Waals surface area contributed by atoms with Crippen LogP contribution in [0.3, 0.4) is 0 Å². The molecule has 0 aromatic heterocycles. The zero-order valence-corrected chi connectivity index (χ0v) is 16.9. The molecule has 0 saturated carbocycles. The van der Waals surface area contributed by atoms with Gasteiger partial charge in [-0.05, 0) is 6.07 Å². The fourth-order valence-corrected chi connectivity index (χ4v) is 2.80. The van der Waals surface area contributed by atoms with Crippen molar-refractivity contribution in [3.8, 4) is 0 Å². The topological polar surface area (TPSA) is 142 Å². The highest BCUT2D eigenvalue weighted by Crippen LogP contribution is 2.35. The second-order valence-electron chi connectivity index (χ2n) is 6.29. The highest BCUT2D eigenvalue weighted by atomic mass is 35.5. The first-order chi connectivity index (χ1) is 13.0. The molecule has 11 nitrogen and oxygen atoms in total. The van der Waals surface area contributed by atoms with Crippen LogP contribution in [0.5, 0.6) is 0 Å². The molecule has 0 fully saturated rings. The van der Waals surface area contributed by atoms with Crippen LogP contribution in [-0.2, 0) is 0 Å². The van der Waals surface area contributed by atoms with Crippen LogP contribution in [0.2, 0.25) is 0 Å². The number of likely N-dealkylation sites (N-methyl/N-ethyl adjacent to an activating group) is 1. The van der Waals surface area contributed by atoms with Crippen LogP contribution in [0, 0.1) is 25.4 Å². The molecule has 0 aliphatic rings. The smallest absolute Gasteiger partial charge is 0.299 e. The lowest BCUT2D eigenvalue weighted by Crippen LogP contribution is -2.40. The normalized spacial score (nSPS) is 11.2.